The number of rotatable bonds is 4. The van der Waals surface area contributed by atoms with Crippen LogP contribution in [0.2, 0.25) is 0 Å². The molecule has 1 amide bonds. The van der Waals surface area contributed by atoms with Crippen molar-refractivity contribution in [3.05, 3.63) is 59.7 Å². The van der Waals surface area contributed by atoms with Gasteiger partial charge in [-0.25, -0.2) is 0 Å². The number of amides is 1. The first kappa shape index (κ1) is 19.9. The summed E-state index contributed by atoms with van der Waals surface area (Å²) in [5.74, 6) is 1.39. The van der Waals surface area contributed by atoms with E-state index in [1.807, 2.05) is 4.90 Å². The van der Waals surface area contributed by atoms with Gasteiger partial charge < -0.3 is 15.0 Å². The van der Waals surface area contributed by atoms with Gasteiger partial charge in [0.2, 0.25) is 0 Å². The lowest BCUT2D eigenvalue weighted by molar-refractivity contribution is 0.0766. The Labute approximate surface area is 159 Å². The first-order valence-electron chi connectivity index (χ1n) is 8.52. The van der Waals surface area contributed by atoms with Crippen LogP contribution in [-0.2, 0) is 0 Å². The van der Waals surface area contributed by atoms with Crippen LogP contribution in [0.25, 0.3) is 0 Å². The number of nitrogens with zero attached hydrogens (tertiary/aromatic N) is 1. The number of Topliss-reactive ketones (excluding diaryl/α,β-unsaturated/α-hetero) is 1. The highest BCUT2D eigenvalue weighted by molar-refractivity contribution is 5.94. The third-order valence-corrected chi connectivity index (χ3v) is 4.23. The molecule has 1 aliphatic rings. The Kier molecular flexibility index (Phi) is 7.18. The van der Waals surface area contributed by atoms with Crippen LogP contribution in [0.4, 0.5) is 0 Å². The van der Waals surface area contributed by atoms with Crippen LogP contribution in [0.3, 0.4) is 0 Å². The van der Waals surface area contributed by atoms with Gasteiger partial charge in [-0.15, -0.1) is 12.4 Å². The Morgan fingerprint density at radius 3 is 2.04 bits per heavy atom. The lowest BCUT2D eigenvalue weighted by atomic mass is 10.1. The van der Waals surface area contributed by atoms with E-state index in [2.05, 4.69) is 5.32 Å². The Bertz CT molecular complexity index is 737. The quantitative estimate of drug-likeness (QED) is 0.831. The van der Waals surface area contributed by atoms with Gasteiger partial charge in [0.15, 0.2) is 5.78 Å². The number of ether oxygens (including phenoxy) is 1. The Balaban J connectivity index is 0.00000243. The first-order valence-corrected chi connectivity index (χ1v) is 8.52. The summed E-state index contributed by atoms with van der Waals surface area (Å²) in [7, 11) is 0. The zero-order valence-electron chi connectivity index (χ0n) is 14.7. The third kappa shape index (κ3) is 5.07. The van der Waals surface area contributed by atoms with Crippen molar-refractivity contribution in [3.63, 3.8) is 0 Å². The Morgan fingerprint density at radius 1 is 0.885 bits per heavy atom. The standard InChI is InChI=1S/C20H22N2O3.ClH/c1-15(23)16-3-7-18(8-4-16)25-19-9-5-17(6-10-19)20(24)22-13-2-11-21-12-14-22;/h3-10,21H,2,11-14H2,1H3;1H. The molecule has 5 nitrogen and oxygen atoms in total. The topological polar surface area (TPSA) is 58.6 Å². The van der Waals surface area contributed by atoms with Crippen LogP contribution >= 0.6 is 12.4 Å². The molecular formula is C20H23ClN2O3. The minimum absolute atomic E-state index is 0. The van der Waals surface area contributed by atoms with Crippen molar-refractivity contribution in [3.8, 4) is 11.5 Å². The molecule has 3 rings (SSSR count). The number of hydrogen-bond acceptors (Lipinski definition) is 4. The molecule has 1 heterocycles. The summed E-state index contributed by atoms with van der Waals surface area (Å²) < 4.78 is 5.77. The molecule has 2 aromatic carbocycles. The highest BCUT2D eigenvalue weighted by atomic mass is 35.5. The molecule has 0 radical (unpaired) electrons. The van der Waals surface area contributed by atoms with E-state index in [0.717, 1.165) is 32.6 Å². The summed E-state index contributed by atoms with van der Waals surface area (Å²) in [6.45, 7) is 4.85. The molecule has 0 bridgehead atoms. The predicted octanol–water partition coefficient (Wildman–Crippen LogP) is 3.54. The summed E-state index contributed by atoms with van der Waals surface area (Å²) in [6, 6.07) is 14.2. The van der Waals surface area contributed by atoms with Gasteiger partial charge in [-0.05, 0) is 68.4 Å². The van der Waals surface area contributed by atoms with Crippen LogP contribution < -0.4 is 10.1 Å². The second kappa shape index (κ2) is 9.36. The monoisotopic (exact) mass is 374 g/mol. The van der Waals surface area contributed by atoms with Gasteiger partial charge in [0.25, 0.3) is 5.91 Å². The molecule has 0 aliphatic carbocycles. The van der Waals surface area contributed by atoms with Gasteiger partial charge in [0, 0.05) is 30.8 Å². The van der Waals surface area contributed by atoms with E-state index >= 15 is 0 Å². The lowest BCUT2D eigenvalue weighted by Crippen LogP contribution is -2.34. The zero-order valence-corrected chi connectivity index (χ0v) is 15.6. The van der Waals surface area contributed by atoms with Crippen molar-refractivity contribution in [1.82, 2.24) is 10.2 Å². The maximum Gasteiger partial charge on any atom is 0.253 e. The van der Waals surface area contributed by atoms with Crippen molar-refractivity contribution >= 4 is 24.1 Å². The van der Waals surface area contributed by atoms with Gasteiger partial charge in [0.1, 0.15) is 11.5 Å². The van der Waals surface area contributed by atoms with Gasteiger partial charge in [0.05, 0.1) is 0 Å². The molecule has 0 aromatic heterocycles. The molecule has 0 saturated carbocycles. The van der Waals surface area contributed by atoms with Crippen molar-refractivity contribution in [2.75, 3.05) is 26.2 Å². The molecule has 1 saturated heterocycles. The fourth-order valence-electron chi connectivity index (χ4n) is 2.79. The number of benzene rings is 2. The molecule has 0 atom stereocenters. The fraction of sp³-hybridized carbons (Fsp3) is 0.300. The van der Waals surface area contributed by atoms with E-state index in [-0.39, 0.29) is 24.1 Å². The Morgan fingerprint density at radius 2 is 1.46 bits per heavy atom. The van der Waals surface area contributed by atoms with Crippen LogP contribution in [-0.4, -0.2) is 42.8 Å². The maximum absolute atomic E-state index is 12.5. The average Bonchev–Trinajstić information content (AvgIpc) is 2.92. The van der Waals surface area contributed by atoms with Crippen molar-refractivity contribution < 1.29 is 14.3 Å². The van der Waals surface area contributed by atoms with Gasteiger partial charge >= 0.3 is 0 Å². The third-order valence-electron chi connectivity index (χ3n) is 4.23. The summed E-state index contributed by atoms with van der Waals surface area (Å²) in [4.78, 5) is 25.7. The van der Waals surface area contributed by atoms with E-state index in [0.29, 0.717) is 22.6 Å². The molecule has 26 heavy (non-hydrogen) atoms. The van der Waals surface area contributed by atoms with Crippen LogP contribution in [0.15, 0.2) is 48.5 Å². The fourth-order valence-corrected chi connectivity index (χ4v) is 2.79. The van der Waals surface area contributed by atoms with E-state index in [4.69, 9.17) is 4.74 Å². The maximum atomic E-state index is 12.5. The number of halogens is 1. The normalized spacial score (nSPS) is 14.1. The van der Waals surface area contributed by atoms with Crippen molar-refractivity contribution in [2.24, 2.45) is 0 Å². The summed E-state index contributed by atoms with van der Waals surface area (Å²) >= 11 is 0. The van der Waals surface area contributed by atoms with Crippen LogP contribution in [0, 0.1) is 0 Å². The predicted molar refractivity (Wildman–Crippen MR) is 104 cm³/mol. The molecule has 1 aliphatic heterocycles. The molecule has 138 valence electrons. The largest absolute Gasteiger partial charge is 0.457 e. The highest BCUT2D eigenvalue weighted by Gasteiger charge is 2.17. The highest BCUT2D eigenvalue weighted by Crippen LogP contribution is 2.22. The van der Waals surface area contributed by atoms with E-state index in [1.165, 1.54) is 6.92 Å². The second-order valence-corrected chi connectivity index (χ2v) is 6.10. The van der Waals surface area contributed by atoms with E-state index in [9.17, 15) is 9.59 Å². The molecule has 2 aromatic rings. The lowest BCUT2D eigenvalue weighted by Gasteiger charge is -2.20. The molecule has 6 heteroatoms. The minimum atomic E-state index is 0. The van der Waals surface area contributed by atoms with Crippen molar-refractivity contribution in [1.29, 1.82) is 0 Å². The second-order valence-electron chi connectivity index (χ2n) is 6.10. The van der Waals surface area contributed by atoms with E-state index in [1.54, 1.807) is 48.5 Å². The summed E-state index contributed by atoms with van der Waals surface area (Å²) in [5, 5.41) is 3.30. The SMILES string of the molecule is CC(=O)c1ccc(Oc2ccc(C(=O)N3CCCNCC3)cc2)cc1.Cl. The zero-order chi connectivity index (χ0) is 17.6. The number of ketones is 1. The number of carbonyl (C=O) groups is 2. The number of carbonyl (C=O) groups excluding carboxylic acids is 2. The summed E-state index contributed by atoms with van der Waals surface area (Å²) in [6.07, 6.45) is 0.975. The smallest absolute Gasteiger partial charge is 0.253 e. The summed E-state index contributed by atoms with van der Waals surface area (Å²) in [5.41, 5.74) is 1.32. The Hall–Kier alpha value is -2.37. The number of hydrogen-bond donors (Lipinski definition) is 1. The van der Waals surface area contributed by atoms with Gasteiger partial charge in [-0.1, -0.05) is 0 Å². The average molecular weight is 375 g/mol. The molecule has 1 fully saturated rings. The molecular weight excluding hydrogens is 352 g/mol. The number of nitrogens with one attached hydrogen (secondary N) is 1. The van der Waals surface area contributed by atoms with Gasteiger partial charge in [-0.3, -0.25) is 9.59 Å². The first-order chi connectivity index (χ1) is 12.1. The van der Waals surface area contributed by atoms with Gasteiger partial charge in [-0.2, -0.15) is 0 Å². The molecule has 0 spiro atoms. The molecule has 1 N–H and O–H groups in total. The van der Waals surface area contributed by atoms with E-state index < -0.39 is 0 Å². The van der Waals surface area contributed by atoms with Crippen LogP contribution in [0.1, 0.15) is 34.1 Å². The van der Waals surface area contributed by atoms with Crippen molar-refractivity contribution in [2.45, 2.75) is 13.3 Å². The molecule has 0 unspecified atom stereocenters. The minimum Gasteiger partial charge on any atom is -0.457 e. The van der Waals surface area contributed by atoms with Crippen LogP contribution in [0.5, 0.6) is 11.5 Å².